The molecule has 8 heteroatoms. The van der Waals surface area contributed by atoms with Gasteiger partial charge in [0.25, 0.3) is 5.91 Å². The monoisotopic (exact) mass is 430 g/mol. The van der Waals surface area contributed by atoms with Crippen LogP contribution < -0.4 is 4.74 Å². The second-order valence-electron chi connectivity index (χ2n) is 7.13. The zero-order valence-electron chi connectivity index (χ0n) is 14.3. The lowest BCUT2D eigenvalue weighted by molar-refractivity contribution is 0.000952. The summed E-state index contributed by atoms with van der Waals surface area (Å²) in [4.78, 5) is 28.6. The maximum atomic E-state index is 12.9. The number of amides is 2. The number of ether oxygens (including phenoxy) is 2. The molecule has 0 aliphatic carbocycles. The van der Waals surface area contributed by atoms with Crippen LogP contribution in [0.4, 0.5) is 4.79 Å². The van der Waals surface area contributed by atoms with Gasteiger partial charge in [0.05, 0.1) is 16.6 Å². The predicted molar refractivity (Wildman–Crippen MR) is 97.3 cm³/mol. The van der Waals surface area contributed by atoms with Gasteiger partial charge < -0.3 is 19.3 Å². The zero-order valence-corrected chi connectivity index (χ0v) is 16.7. The summed E-state index contributed by atoms with van der Waals surface area (Å²) in [6, 6.07) is 3.20. The van der Waals surface area contributed by atoms with Crippen molar-refractivity contribution in [2.24, 2.45) is 0 Å². The lowest BCUT2D eigenvalue weighted by atomic mass is 10.1. The molecule has 0 bridgehead atoms. The third-order valence-electron chi connectivity index (χ3n) is 4.10. The van der Waals surface area contributed by atoms with Crippen LogP contribution in [0.1, 0.15) is 31.1 Å². The van der Waals surface area contributed by atoms with E-state index in [9.17, 15) is 9.59 Å². The van der Waals surface area contributed by atoms with E-state index < -0.39 is 5.60 Å². The highest BCUT2D eigenvalue weighted by Gasteiger charge is 2.38. The van der Waals surface area contributed by atoms with Crippen molar-refractivity contribution in [2.45, 2.75) is 32.4 Å². The van der Waals surface area contributed by atoms with Crippen LogP contribution in [0, 0.1) is 0 Å². The van der Waals surface area contributed by atoms with E-state index in [1.807, 2.05) is 20.8 Å². The second kappa shape index (κ2) is 6.68. The van der Waals surface area contributed by atoms with Gasteiger partial charge in [0.1, 0.15) is 12.2 Å². The summed E-state index contributed by atoms with van der Waals surface area (Å²) in [6.45, 7) is 6.99. The van der Waals surface area contributed by atoms with Gasteiger partial charge in [-0.1, -0.05) is 11.6 Å². The molecule has 2 aliphatic heterocycles. The third-order valence-corrected chi connectivity index (χ3v) is 5.36. The molecule has 0 unspecified atom stereocenters. The first kappa shape index (κ1) is 18.3. The smallest absolute Gasteiger partial charge is 0.410 e. The van der Waals surface area contributed by atoms with Crippen LogP contribution >= 0.6 is 27.5 Å². The number of nitrogens with zero attached hydrogens (tertiary/aromatic N) is 2. The summed E-state index contributed by atoms with van der Waals surface area (Å²) >= 11 is 9.62. The summed E-state index contributed by atoms with van der Waals surface area (Å²) in [5.41, 5.74) is -0.110. The zero-order chi connectivity index (χ0) is 18.4. The minimum atomic E-state index is -0.556. The Morgan fingerprint density at radius 1 is 1.36 bits per heavy atom. The standard InChI is InChI=1S/C17H20BrClN2O4/c1-17(2,3)25-16(23)20-6-7-21-10(8-20)9-24-14-11(15(21)22)4-5-12(18)13(14)19/h4-5,10H,6-9H2,1-3H3/t10-/m1/s1. The number of hydrogen-bond donors (Lipinski definition) is 0. The number of fused-ring (bicyclic) bond motifs is 2. The van der Waals surface area contributed by atoms with Crippen LogP contribution in [0.2, 0.25) is 5.02 Å². The molecule has 1 atom stereocenters. The Hall–Kier alpha value is -1.47. The normalized spacial score (nSPS) is 20.4. The first-order chi connectivity index (χ1) is 11.7. The Balaban J connectivity index is 1.80. The van der Waals surface area contributed by atoms with Gasteiger partial charge in [-0.15, -0.1) is 0 Å². The van der Waals surface area contributed by atoms with E-state index in [1.54, 1.807) is 21.9 Å². The number of piperazine rings is 1. The SMILES string of the molecule is CC(C)(C)OC(=O)N1CCN2C(=O)c3ccc(Br)c(Cl)c3OC[C@H]2C1. The molecule has 1 aromatic rings. The van der Waals surface area contributed by atoms with Crippen LogP contribution in [0.15, 0.2) is 16.6 Å². The summed E-state index contributed by atoms with van der Waals surface area (Å²) in [5, 5.41) is 0.384. The van der Waals surface area contributed by atoms with Crippen molar-refractivity contribution < 1.29 is 19.1 Å². The molecule has 0 N–H and O–H groups in total. The average molecular weight is 432 g/mol. The van der Waals surface area contributed by atoms with Crippen molar-refractivity contribution in [1.82, 2.24) is 9.80 Å². The topological polar surface area (TPSA) is 59.1 Å². The van der Waals surface area contributed by atoms with Gasteiger partial charge in [0, 0.05) is 24.1 Å². The maximum absolute atomic E-state index is 12.9. The van der Waals surface area contributed by atoms with Crippen molar-refractivity contribution in [3.8, 4) is 5.75 Å². The first-order valence-corrected chi connectivity index (χ1v) is 9.24. The predicted octanol–water partition coefficient (Wildman–Crippen LogP) is 3.56. The molecule has 0 aromatic heterocycles. The lowest BCUT2D eigenvalue weighted by Crippen LogP contribution is -2.58. The number of carbonyl (C=O) groups is 2. The van der Waals surface area contributed by atoms with Crippen LogP contribution in [-0.2, 0) is 4.74 Å². The third kappa shape index (κ3) is 3.72. The van der Waals surface area contributed by atoms with Crippen molar-refractivity contribution in [3.05, 3.63) is 27.2 Å². The minimum Gasteiger partial charge on any atom is -0.489 e. The fraction of sp³-hybridized carbons (Fsp3) is 0.529. The van der Waals surface area contributed by atoms with E-state index in [0.717, 1.165) is 0 Å². The molecule has 1 fully saturated rings. The quantitative estimate of drug-likeness (QED) is 0.630. The van der Waals surface area contributed by atoms with E-state index in [2.05, 4.69) is 15.9 Å². The Kier molecular flexibility index (Phi) is 4.90. The minimum absolute atomic E-state index is 0.129. The van der Waals surface area contributed by atoms with Crippen LogP contribution in [-0.4, -0.2) is 59.7 Å². The molecule has 3 rings (SSSR count). The van der Waals surface area contributed by atoms with Crippen molar-refractivity contribution in [1.29, 1.82) is 0 Å². The molecule has 0 radical (unpaired) electrons. The fourth-order valence-corrected chi connectivity index (χ4v) is 3.46. The van der Waals surface area contributed by atoms with Crippen molar-refractivity contribution >= 4 is 39.5 Å². The Morgan fingerprint density at radius 2 is 2.08 bits per heavy atom. The molecule has 2 amide bonds. The number of carbonyl (C=O) groups excluding carboxylic acids is 2. The molecule has 6 nitrogen and oxygen atoms in total. The summed E-state index contributed by atoms with van der Waals surface area (Å²) in [6.07, 6.45) is -0.373. The van der Waals surface area contributed by atoms with Crippen LogP contribution in [0.3, 0.4) is 0 Å². The molecule has 2 heterocycles. The van der Waals surface area contributed by atoms with Gasteiger partial charge in [-0.25, -0.2) is 4.79 Å². The maximum Gasteiger partial charge on any atom is 0.410 e. The van der Waals surface area contributed by atoms with Gasteiger partial charge in [-0.3, -0.25) is 4.79 Å². The molecule has 2 aliphatic rings. The largest absolute Gasteiger partial charge is 0.489 e. The highest BCUT2D eigenvalue weighted by Crippen LogP contribution is 2.38. The summed E-state index contributed by atoms with van der Waals surface area (Å²) in [7, 11) is 0. The molecular formula is C17H20BrClN2O4. The van der Waals surface area contributed by atoms with Gasteiger partial charge in [0.2, 0.25) is 0 Å². The molecule has 1 aromatic carbocycles. The fourth-order valence-electron chi connectivity index (χ4n) is 2.93. The van der Waals surface area contributed by atoms with Crippen molar-refractivity contribution in [2.75, 3.05) is 26.2 Å². The Labute approximate surface area is 160 Å². The van der Waals surface area contributed by atoms with Gasteiger partial charge in [-0.2, -0.15) is 0 Å². The Morgan fingerprint density at radius 3 is 2.76 bits per heavy atom. The van der Waals surface area contributed by atoms with Gasteiger partial charge >= 0.3 is 6.09 Å². The molecule has 0 saturated carbocycles. The number of rotatable bonds is 0. The van der Waals surface area contributed by atoms with Gasteiger partial charge in [0.15, 0.2) is 5.75 Å². The molecular weight excluding hydrogens is 412 g/mol. The van der Waals surface area contributed by atoms with Gasteiger partial charge in [-0.05, 0) is 48.8 Å². The average Bonchev–Trinajstić information content (AvgIpc) is 2.67. The Bertz CT molecular complexity index is 719. The van der Waals surface area contributed by atoms with E-state index in [-0.39, 0.29) is 24.6 Å². The van der Waals surface area contributed by atoms with Crippen molar-refractivity contribution in [3.63, 3.8) is 0 Å². The van der Waals surface area contributed by atoms with Crippen LogP contribution in [0.5, 0.6) is 5.75 Å². The number of halogens is 2. The second-order valence-corrected chi connectivity index (χ2v) is 8.36. The van der Waals surface area contributed by atoms with E-state index >= 15 is 0 Å². The van der Waals surface area contributed by atoms with E-state index in [0.29, 0.717) is 40.4 Å². The highest BCUT2D eigenvalue weighted by atomic mass is 79.9. The molecule has 0 spiro atoms. The molecule has 25 heavy (non-hydrogen) atoms. The first-order valence-electron chi connectivity index (χ1n) is 8.07. The lowest BCUT2D eigenvalue weighted by Gasteiger charge is -2.40. The van der Waals surface area contributed by atoms with E-state index in [1.165, 1.54) is 0 Å². The number of benzene rings is 1. The number of hydrogen-bond acceptors (Lipinski definition) is 4. The molecule has 136 valence electrons. The summed E-state index contributed by atoms with van der Waals surface area (Å²) < 4.78 is 11.9. The van der Waals surface area contributed by atoms with E-state index in [4.69, 9.17) is 21.1 Å². The highest BCUT2D eigenvalue weighted by molar-refractivity contribution is 9.10. The molecule has 1 saturated heterocycles. The van der Waals surface area contributed by atoms with Crippen LogP contribution in [0.25, 0.3) is 0 Å². The summed E-state index contributed by atoms with van der Waals surface area (Å²) in [5.74, 6) is 0.259.